The number of nitrogens with one attached hydrogen (secondary N) is 1. The zero-order valence-corrected chi connectivity index (χ0v) is 14.2. The van der Waals surface area contributed by atoms with Gasteiger partial charge in [0.15, 0.2) is 0 Å². The van der Waals surface area contributed by atoms with E-state index >= 15 is 0 Å². The molecule has 2 heterocycles. The highest BCUT2D eigenvalue weighted by Crippen LogP contribution is 2.14. The quantitative estimate of drug-likeness (QED) is 0.935. The zero-order valence-electron chi connectivity index (χ0n) is 14.2. The average molecular weight is 328 g/mol. The summed E-state index contributed by atoms with van der Waals surface area (Å²) in [6.45, 7) is 3.78. The second kappa shape index (κ2) is 7.49. The van der Waals surface area contributed by atoms with Gasteiger partial charge in [0.25, 0.3) is 0 Å². The van der Waals surface area contributed by atoms with Crippen LogP contribution in [0.3, 0.4) is 0 Å². The highest BCUT2D eigenvalue weighted by Gasteiger charge is 2.25. The number of morpholine rings is 1. The van der Waals surface area contributed by atoms with Crippen molar-refractivity contribution in [1.82, 2.24) is 20.0 Å². The number of amides is 2. The molecule has 1 fully saturated rings. The molecule has 0 aliphatic carbocycles. The molecule has 1 aromatic heterocycles. The van der Waals surface area contributed by atoms with Crippen LogP contribution in [-0.2, 0) is 18.2 Å². The Hall–Kier alpha value is -2.34. The van der Waals surface area contributed by atoms with Crippen molar-refractivity contribution in [3.8, 4) is 0 Å². The number of urea groups is 1. The first-order chi connectivity index (χ1) is 11.6. The number of nitrogens with zero attached hydrogens (tertiary/aromatic N) is 3. The molecule has 2 amide bonds. The van der Waals surface area contributed by atoms with Crippen LogP contribution < -0.4 is 5.32 Å². The van der Waals surface area contributed by atoms with Crippen molar-refractivity contribution in [2.24, 2.45) is 7.05 Å². The van der Waals surface area contributed by atoms with E-state index in [-0.39, 0.29) is 18.2 Å². The number of rotatable bonds is 4. The fourth-order valence-electron chi connectivity index (χ4n) is 2.93. The summed E-state index contributed by atoms with van der Waals surface area (Å²) in [6, 6.07) is 10.1. The second-order valence-electron chi connectivity index (χ2n) is 6.25. The summed E-state index contributed by atoms with van der Waals surface area (Å²) in [7, 11) is 1.87. The molecule has 128 valence electrons. The molecule has 6 heteroatoms. The Labute approximate surface area is 142 Å². The van der Waals surface area contributed by atoms with E-state index in [1.54, 1.807) is 10.9 Å². The molecule has 0 bridgehead atoms. The Bertz CT molecular complexity index is 671. The van der Waals surface area contributed by atoms with Gasteiger partial charge in [-0.2, -0.15) is 5.10 Å². The van der Waals surface area contributed by atoms with E-state index in [2.05, 4.69) is 22.5 Å². The maximum Gasteiger partial charge on any atom is 0.318 e. The van der Waals surface area contributed by atoms with Crippen molar-refractivity contribution >= 4 is 6.03 Å². The summed E-state index contributed by atoms with van der Waals surface area (Å²) in [6.07, 6.45) is 4.56. The second-order valence-corrected chi connectivity index (χ2v) is 6.25. The molecule has 2 aromatic rings. The largest absolute Gasteiger partial charge is 0.374 e. The number of aryl methyl sites for hydroxylation is 1. The van der Waals surface area contributed by atoms with Gasteiger partial charge in [-0.15, -0.1) is 0 Å². The fraction of sp³-hybridized carbons (Fsp3) is 0.444. The lowest BCUT2D eigenvalue weighted by Gasteiger charge is -2.33. The number of carbonyl (C=O) groups excluding carboxylic acids is 1. The Morgan fingerprint density at radius 1 is 1.42 bits per heavy atom. The average Bonchev–Trinajstić information content (AvgIpc) is 3.03. The molecule has 1 N–H and O–H groups in total. The van der Waals surface area contributed by atoms with Crippen molar-refractivity contribution in [3.63, 3.8) is 0 Å². The SMILES string of the molecule is CC(NC(=O)N1CCOC(Cc2ccccc2)C1)c1cnn(C)c1. The molecule has 1 aliphatic rings. The lowest BCUT2D eigenvalue weighted by Crippen LogP contribution is -2.50. The molecule has 6 nitrogen and oxygen atoms in total. The van der Waals surface area contributed by atoms with Crippen LogP contribution in [-0.4, -0.2) is 46.5 Å². The van der Waals surface area contributed by atoms with Crippen LogP contribution in [0.5, 0.6) is 0 Å². The van der Waals surface area contributed by atoms with Crippen LogP contribution in [0.25, 0.3) is 0 Å². The van der Waals surface area contributed by atoms with Crippen molar-refractivity contribution in [2.75, 3.05) is 19.7 Å². The summed E-state index contributed by atoms with van der Waals surface area (Å²) in [5.41, 5.74) is 2.23. The predicted octanol–water partition coefficient (Wildman–Crippen LogP) is 2.13. The fourth-order valence-corrected chi connectivity index (χ4v) is 2.93. The minimum Gasteiger partial charge on any atom is -0.374 e. The van der Waals surface area contributed by atoms with Gasteiger partial charge < -0.3 is 15.0 Å². The molecular formula is C18H24N4O2. The molecular weight excluding hydrogens is 304 g/mol. The van der Waals surface area contributed by atoms with E-state index in [0.29, 0.717) is 19.7 Å². The van der Waals surface area contributed by atoms with Gasteiger partial charge in [0.05, 0.1) is 24.9 Å². The number of carbonyl (C=O) groups is 1. The van der Waals surface area contributed by atoms with Crippen LogP contribution in [0.1, 0.15) is 24.1 Å². The molecule has 1 aromatic carbocycles. The zero-order chi connectivity index (χ0) is 16.9. The maximum atomic E-state index is 12.5. The minimum atomic E-state index is -0.0679. The number of ether oxygens (including phenoxy) is 1. The molecule has 0 radical (unpaired) electrons. The van der Waals surface area contributed by atoms with Gasteiger partial charge in [0.2, 0.25) is 0 Å². The lowest BCUT2D eigenvalue weighted by molar-refractivity contribution is -0.0135. The molecule has 0 saturated carbocycles. The third-order valence-electron chi connectivity index (χ3n) is 4.30. The standard InChI is InChI=1S/C18H24N4O2/c1-14(16-11-19-21(2)12-16)20-18(23)22-8-9-24-17(13-22)10-15-6-4-3-5-7-15/h3-7,11-12,14,17H,8-10,13H2,1-2H3,(H,20,23). The molecule has 0 spiro atoms. The molecule has 1 aliphatic heterocycles. The van der Waals surface area contributed by atoms with Gasteiger partial charge in [-0.05, 0) is 12.5 Å². The Balaban J connectivity index is 1.55. The third-order valence-corrected chi connectivity index (χ3v) is 4.30. The highest BCUT2D eigenvalue weighted by atomic mass is 16.5. The Morgan fingerprint density at radius 3 is 2.92 bits per heavy atom. The van der Waals surface area contributed by atoms with Crippen LogP contribution in [0.4, 0.5) is 4.79 Å². The van der Waals surface area contributed by atoms with Gasteiger partial charge >= 0.3 is 6.03 Å². The summed E-state index contributed by atoms with van der Waals surface area (Å²) in [5, 5.41) is 7.19. The van der Waals surface area contributed by atoms with Gasteiger partial charge in [0, 0.05) is 38.3 Å². The summed E-state index contributed by atoms with van der Waals surface area (Å²) in [5.74, 6) is 0. The van der Waals surface area contributed by atoms with Gasteiger partial charge in [-0.25, -0.2) is 4.79 Å². The summed E-state index contributed by atoms with van der Waals surface area (Å²) in [4.78, 5) is 14.4. The van der Waals surface area contributed by atoms with Crippen LogP contribution >= 0.6 is 0 Å². The van der Waals surface area contributed by atoms with E-state index in [1.165, 1.54) is 5.56 Å². The van der Waals surface area contributed by atoms with Gasteiger partial charge in [-0.1, -0.05) is 30.3 Å². The first-order valence-corrected chi connectivity index (χ1v) is 8.31. The monoisotopic (exact) mass is 328 g/mol. The number of aromatic nitrogens is 2. The van der Waals surface area contributed by atoms with Crippen molar-refractivity contribution in [1.29, 1.82) is 0 Å². The summed E-state index contributed by atoms with van der Waals surface area (Å²) >= 11 is 0. The first-order valence-electron chi connectivity index (χ1n) is 8.31. The van der Waals surface area contributed by atoms with E-state index in [4.69, 9.17) is 4.74 Å². The van der Waals surface area contributed by atoms with E-state index in [1.807, 2.05) is 43.3 Å². The number of benzene rings is 1. The third kappa shape index (κ3) is 4.14. The highest BCUT2D eigenvalue weighted by molar-refractivity contribution is 5.74. The van der Waals surface area contributed by atoms with E-state index in [9.17, 15) is 4.79 Å². The Kier molecular flexibility index (Phi) is 5.15. The molecule has 2 atom stereocenters. The smallest absolute Gasteiger partial charge is 0.318 e. The normalized spacial score (nSPS) is 19.1. The number of hydrogen-bond donors (Lipinski definition) is 1. The maximum absolute atomic E-state index is 12.5. The minimum absolute atomic E-state index is 0.0422. The molecule has 3 rings (SSSR count). The molecule has 2 unspecified atom stereocenters. The Morgan fingerprint density at radius 2 is 2.21 bits per heavy atom. The van der Waals surface area contributed by atoms with E-state index in [0.717, 1.165) is 12.0 Å². The van der Waals surface area contributed by atoms with Gasteiger partial charge in [-0.3, -0.25) is 4.68 Å². The number of hydrogen-bond acceptors (Lipinski definition) is 3. The first kappa shape index (κ1) is 16.5. The van der Waals surface area contributed by atoms with E-state index < -0.39 is 0 Å². The van der Waals surface area contributed by atoms with Crippen LogP contribution in [0.2, 0.25) is 0 Å². The topological polar surface area (TPSA) is 59.4 Å². The van der Waals surface area contributed by atoms with Crippen LogP contribution in [0, 0.1) is 0 Å². The molecule has 1 saturated heterocycles. The van der Waals surface area contributed by atoms with Crippen molar-refractivity contribution in [3.05, 3.63) is 53.9 Å². The molecule has 24 heavy (non-hydrogen) atoms. The summed E-state index contributed by atoms with van der Waals surface area (Å²) < 4.78 is 7.56. The van der Waals surface area contributed by atoms with Crippen LogP contribution in [0.15, 0.2) is 42.7 Å². The lowest BCUT2D eigenvalue weighted by atomic mass is 10.1. The predicted molar refractivity (Wildman–Crippen MR) is 91.6 cm³/mol. The van der Waals surface area contributed by atoms with Crippen molar-refractivity contribution in [2.45, 2.75) is 25.5 Å². The van der Waals surface area contributed by atoms with Gasteiger partial charge in [0.1, 0.15) is 0 Å². The van der Waals surface area contributed by atoms with Crippen molar-refractivity contribution < 1.29 is 9.53 Å².